The highest BCUT2D eigenvalue weighted by Gasteiger charge is 2.33. The Bertz CT molecular complexity index is 872. The first-order chi connectivity index (χ1) is 11.3. The molecule has 0 saturated heterocycles. The third kappa shape index (κ3) is 3.33. The quantitative estimate of drug-likeness (QED) is 0.581. The first kappa shape index (κ1) is 16.3. The van der Waals surface area contributed by atoms with E-state index in [4.69, 9.17) is 16.3 Å². The summed E-state index contributed by atoms with van der Waals surface area (Å²) in [5.41, 5.74) is -0.755. The van der Waals surface area contributed by atoms with E-state index in [2.05, 4.69) is 4.99 Å². The maximum absolute atomic E-state index is 13.0. The lowest BCUT2D eigenvalue weighted by molar-refractivity contribution is -0.137. The van der Waals surface area contributed by atoms with Gasteiger partial charge in [-0.3, -0.25) is 0 Å². The fourth-order valence-corrected chi connectivity index (χ4v) is 2.37. The van der Waals surface area contributed by atoms with Gasteiger partial charge in [0.2, 0.25) is 5.90 Å². The van der Waals surface area contributed by atoms with Crippen molar-refractivity contribution in [2.24, 2.45) is 4.99 Å². The number of hydrogen-bond acceptors (Lipinski definition) is 3. The molecule has 0 bridgehead atoms. The van der Waals surface area contributed by atoms with Crippen LogP contribution in [-0.4, -0.2) is 11.9 Å². The lowest BCUT2D eigenvalue weighted by atomic mass is 10.1. The van der Waals surface area contributed by atoms with E-state index in [-0.39, 0.29) is 17.2 Å². The minimum absolute atomic E-state index is 0.00163. The normalized spacial score (nSPS) is 16.2. The number of esters is 1. The zero-order valence-electron chi connectivity index (χ0n) is 12.0. The average molecular weight is 352 g/mol. The molecule has 24 heavy (non-hydrogen) atoms. The molecule has 1 aliphatic heterocycles. The molecule has 0 fully saturated rings. The second-order valence-corrected chi connectivity index (χ2v) is 5.37. The van der Waals surface area contributed by atoms with Gasteiger partial charge in [0.1, 0.15) is 0 Å². The van der Waals surface area contributed by atoms with Crippen molar-refractivity contribution < 1.29 is 22.7 Å². The number of halogens is 4. The van der Waals surface area contributed by atoms with E-state index in [1.807, 2.05) is 0 Å². The summed E-state index contributed by atoms with van der Waals surface area (Å²) in [5.74, 6) is -0.819. The van der Waals surface area contributed by atoms with Gasteiger partial charge in [-0.1, -0.05) is 35.9 Å². The lowest BCUT2D eigenvalue weighted by Crippen LogP contribution is -2.08. The number of aliphatic imine (C=N–C) groups is 1. The number of carbonyl (C=O) groups is 1. The van der Waals surface area contributed by atoms with Crippen LogP contribution in [0.3, 0.4) is 0 Å². The number of ether oxygens (including phenoxy) is 1. The number of hydrogen-bond donors (Lipinski definition) is 0. The molecular weight excluding hydrogens is 343 g/mol. The minimum Gasteiger partial charge on any atom is -0.402 e. The highest BCUT2D eigenvalue weighted by molar-refractivity contribution is 6.31. The molecule has 2 aromatic rings. The van der Waals surface area contributed by atoms with E-state index in [1.54, 1.807) is 24.3 Å². The molecule has 0 N–H and O–H groups in total. The molecule has 3 nitrogen and oxygen atoms in total. The summed E-state index contributed by atoms with van der Waals surface area (Å²) in [7, 11) is 0. The van der Waals surface area contributed by atoms with Gasteiger partial charge >= 0.3 is 12.1 Å². The Morgan fingerprint density at radius 1 is 1.08 bits per heavy atom. The molecule has 0 unspecified atom stereocenters. The third-order valence-corrected chi connectivity index (χ3v) is 3.49. The van der Waals surface area contributed by atoms with Crippen molar-refractivity contribution in [1.82, 2.24) is 0 Å². The van der Waals surface area contributed by atoms with Gasteiger partial charge in [0, 0.05) is 10.6 Å². The molecule has 0 saturated carbocycles. The van der Waals surface area contributed by atoms with Crippen molar-refractivity contribution in [3.63, 3.8) is 0 Å². The van der Waals surface area contributed by atoms with E-state index in [1.165, 1.54) is 18.2 Å². The molecule has 3 rings (SSSR count). The molecular formula is C17H9ClF3NO2. The van der Waals surface area contributed by atoms with Crippen LogP contribution in [-0.2, 0) is 15.7 Å². The first-order valence-corrected chi connectivity index (χ1v) is 7.17. The van der Waals surface area contributed by atoms with Gasteiger partial charge in [0.25, 0.3) is 0 Å². The van der Waals surface area contributed by atoms with Crippen LogP contribution in [0.2, 0.25) is 5.02 Å². The molecule has 122 valence electrons. The average Bonchev–Trinajstić information content (AvgIpc) is 2.88. The molecule has 1 aliphatic rings. The number of cyclic esters (lactones) is 1. The predicted octanol–water partition coefficient (Wildman–Crippen LogP) is 4.70. The van der Waals surface area contributed by atoms with Crippen LogP contribution in [0.15, 0.2) is 59.2 Å². The van der Waals surface area contributed by atoms with Gasteiger partial charge in [-0.25, -0.2) is 9.79 Å². The van der Waals surface area contributed by atoms with Crippen molar-refractivity contribution in [2.75, 3.05) is 0 Å². The highest BCUT2D eigenvalue weighted by atomic mass is 35.5. The Hall–Kier alpha value is -2.60. The molecule has 0 amide bonds. The van der Waals surface area contributed by atoms with E-state index in [0.717, 1.165) is 12.1 Å². The molecule has 7 heteroatoms. The van der Waals surface area contributed by atoms with Gasteiger partial charge in [-0.2, -0.15) is 13.2 Å². The molecule has 2 aromatic carbocycles. The summed E-state index contributed by atoms with van der Waals surface area (Å²) < 4.78 is 44.0. The smallest absolute Gasteiger partial charge is 0.402 e. The van der Waals surface area contributed by atoms with Crippen LogP contribution in [0.5, 0.6) is 0 Å². The standard InChI is InChI=1S/C17H9ClF3NO2/c18-12-6-3-5-11(8-12)15-22-14(16(23)24-15)9-10-4-1-2-7-13(10)17(19,20)21/h1-9H/b14-9+. The van der Waals surface area contributed by atoms with Gasteiger partial charge in [0.15, 0.2) is 5.70 Å². The van der Waals surface area contributed by atoms with Crippen LogP contribution in [0.25, 0.3) is 6.08 Å². The first-order valence-electron chi connectivity index (χ1n) is 6.79. The van der Waals surface area contributed by atoms with Crippen LogP contribution in [0.4, 0.5) is 13.2 Å². The molecule has 0 aliphatic carbocycles. The van der Waals surface area contributed by atoms with Crippen LogP contribution >= 0.6 is 11.6 Å². The largest absolute Gasteiger partial charge is 0.416 e. The summed E-state index contributed by atoms with van der Waals surface area (Å²) >= 11 is 5.86. The van der Waals surface area contributed by atoms with Crippen molar-refractivity contribution >= 4 is 29.5 Å². The number of carbonyl (C=O) groups excluding carboxylic acids is 1. The maximum atomic E-state index is 13.0. The summed E-state index contributed by atoms with van der Waals surface area (Å²) in [6, 6.07) is 11.4. The maximum Gasteiger partial charge on any atom is 0.416 e. The Balaban J connectivity index is 2.01. The monoisotopic (exact) mass is 351 g/mol. The van der Waals surface area contributed by atoms with Crippen LogP contribution < -0.4 is 0 Å². The van der Waals surface area contributed by atoms with Gasteiger partial charge in [0.05, 0.1) is 5.56 Å². The topological polar surface area (TPSA) is 38.7 Å². The third-order valence-electron chi connectivity index (χ3n) is 3.25. The number of rotatable bonds is 2. The van der Waals surface area contributed by atoms with Crippen LogP contribution in [0.1, 0.15) is 16.7 Å². The second-order valence-electron chi connectivity index (χ2n) is 4.93. The lowest BCUT2D eigenvalue weighted by Gasteiger charge is -2.09. The molecule has 0 aromatic heterocycles. The van der Waals surface area contributed by atoms with Gasteiger partial charge in [-0.15, -0.1) is 0 Å². The highest BCUT2D eigenvalue weighted by Crippen LogP contribution is 2.33. The van der Waals surface area contributed by atoms with E-state index in [0.29, 0.717) is 10.6 Å². The minimum atomic E-state index is -4.53. The summed E-state index contributed by atoms with van der Waals surface area (Å²) in [6.45, 7) is 0. The Morgan fingerprint density at radius 2 is 1.83 bits per heavy atom. The van der Waals surface area contributed by atoms with Crippen molar-refractivity contribution in [1.29, 1.82) is 0 Å². The SMILES string of the molecule is O=C1OC(c2cccc(Cl)c2)=N/C1=C/c1ccccc1C(F)(F)F. The zero-order chi connectivity index (χ0) is 17.3. The summed E-state index contributed by atoms with van der Waals surface area (Å²) in [6.07, 6.45) is -3.47. The summed E-state index contributed by atoms with van der Waals surface area (Å²) in [5, 5.41) is 0.422. The zero-order valence-corrected chi connectivity index (χ0v) is 12.7. The van der Waals surface area contributed by atoms with Gasteiger partial charge in [-0.05, 0) is 35.9 Å². The fraction of sp³-hybridized carbons (Fsp3) is 0.0588. The Labute approximate surface area is 140 Å². The Kier molecular flexibility index (Phi) is 4.15. The number of benzene rings is 2. The molecule has 1 heterocycles. The van der Waals surface area contributed by atoms with Crippen molar-refractivity contribution in [3.8, 4) is 0 Å². The van der Waals surface area contributed by atoms with Crippen LogP contribution in [0, 0.1) is 0 Å². The van der Waals surface area contributed by atoms with E-state index >= 15 is 0 Å². The van der Waals surface area contributed by atoms with Crippen molar-refractivity contribution in [2.45, 2.75) is 6.18 Å². The fourth-order valence-electron chi connectivity index (χ4n) is 2.18. The molecule has 0 radical (unpaired) electrons. The van der Waals surface area contributed by atoms with E-state index in [9.17, 15) is 18.0 Å². The molecule has 0 atom stereocenters. The Morgan fingerprint density at radius 3 is 2.54 bits per heavy atom. The number of alkyl halides is 3. The summed E-state index contributed by atoms with van der Waals surface area (Å²) in [4.78, 5) is 15.9. The van der Waals surface area contributed by atoms with E-state index < -0.39 is 17.7 Å². The molecule has 0 spiro atoms. The number of nitrogens with zero attached hydrogens (tertiary/aromatic N) is 1. The predicted molar refractivity (Wildman–Crippen MR) is 83.5 cm³/mol. The van der Waals surface area contributed by atoms with Gasteiger partial charge < -0.3 is 4.74 Å². The van der Waals surface area contributed by atoms with Crippen molar-refractivity contribution in [3.05, 3.63) is 75.9 Å². The second kappa shape index (κ2) is 6.13.